The minimum Gasteiger partial charge on any atom is -0.478 e. The van der Waals surface area contributed by atoms with Gasteiger partial charge in [0.1, 0.15) is 5.82 Å². The molecule has 0 spiro atoms. The third-order valence-electron chi connectivity index (χ3n) is 2.78. The van der Waals surface area contributed by atoms with E-state index in [0.717, 1.165) is 25.0 Å². The van der Waals surface area contributed by atoms with Crippen molar-refractivity contribution < 1.29 is 19.1 Å². The topological polar surface area (TPSA) is 78.4 Å². The maximum Gasteiger partial charge on any atom is 0.337 e. The summed E-state index contributed by atoms with van der Waals surface area (Å²) in [6.45, 7) is 3.88. The van der Waals surface area contributed by atoms with Crippen LogP contribution in [0.5, 0.6) is 0 Å². The summed E-state index contributed by atoms with van der Waals surface area (Å²) in [4.78, 5) is 22.6. The molecule has 0 radical (unpaired) electrons. The van der Waals surface area contributed by atoms with Crippen molar-refractivity contribution in [1.82, 2.24) is 5.32 Å². The Hall–Kier alpha value is -2.11. The van der Waals surface area contributed by atoms with Crippen molar-refractivity contribution in [3.8, 4) is 0 Å². The molecule has 0 aliphatic carbocycles. The molecule has 0 saturated carbocycles. The number of carbonyl (C=O) groups is 2. The first-order valence-electron chi connectivity index (χ1n) is 6.08. The van der Waals surface area contributed by atoms with Gasteiger partial charge in [-0.05, 0) is 31.0 Å². The fourth-order valence-corrected chi connectivity index (χ4v) is 1.64. The molecule has 0 unspecified atom stereocenters. The lowest BCUT2D eigenvalue weighted by atomic mass is 10.1. The fraction of sp³-hybridized carbons (Fsp3) is 0.385. The van der Waals surface area contributed by atoms with Gasteiger partial charge in [0.15, 0.2) is 0 Å². The molecule has 0 heterocycles. The van der Waals surface area contributed by atoms with Crippen LogP contribution in [0.15, 0.2) is 18.2 Å². The Bertz CT molecular complexity index is 473. The summed E-state index contributed by atoms with van der Waals surface area (Å²) in [5.74, 6) is -1.96. The molecule has 0 saturated heterocycles. The zero-order chi connectivity index (χ0) is 14.4. The lowest BCUT2D eigenvalue weighted by molar-refractivity contribution is 0.0697. The van der Waals surface area contributed by atoms with Crippen molar-refractivity contribution in [3.63, 3.8) is 0 Å². The number of anilines is 1. The number of rotatable bonds is 5. The molecule has 0 atom stereocenters. The van der Waals surface area contributed by atoms with Crippen molar-refractivity contribution in [3.05, 3.63) is 29.6 Å². The van der Waals surface area contributed by atoms with Gasteiger partial charge in [-0.25, -0.2) is 14.0 Å². The molecule has 1 aromatic rings. The molecule has 2 amide bonds. The Morgan fingerprint density at radius 3 is 2.47 bits per heavy atom. The van der Waals surface area contributed by atoms with E-state index in [1.807, 2.05) is 13.8 Å². The molecule has 0 aliphatic rings. The summed E-state index contributed by atoms with van der Waals surface area (Å²) in [7, 11) is 0. The molecule has 0 bridgehead atoms. The van der Waals surface area contributed by atoms with E-state index < -0.39 is 17.8 Å². The van der Waals surface area contributed by atoms with Crippen LogP contribution in [-0.4, -0.2) is 23.1 Å². The van der Waals surface area contributed by atoms with Gasteiger partial charge in [-0.1, -0.05) is 13.8 Å². The summed E-state index contributed by atoms with van der Waals surface area (Å²) in [6, 6.07) is 2.72. The molecule has 0 aromatic heterocycles. The second-order valence-electron chi connectivity index (χ2n) is 4.11. The highest BCUT2D eigenvalue weighted by Gasteiger charge is 2.14. The molecule has 1 aromatic carbocycles. The largest absolute Gasteiger partial charge is 0.478 e. The first-order valence-corrected chi connectivity index (χ1v) is 6.08. The summed E-state index contributed by atoms with van der Waals surface area (Å²) in [5.41, 5.74) is -0.211. The maximum absolute atomic E-state index is 13.0. The SMILES string of the molecule is CCC(CC)NC(=O)Nc1ccc(F)cc1C(=O)O. The van der Waals surface area contributed by atoms with Crippen LogP contribution in [0.3, 0.4) is 0 Å². The van der Waals surface area contributed by atoms with E-state index in [1.165, 1.54) is 6.07 Å². The molecule has 1 rings (SSSR count). The van der Waals surface area contributed by atoms with Gasteiger partial charge in [-0.15, -0.1) is 0 Å². The predicted octanol–water partition coefficient (Wildman–Crippen LogP) is 2.83. The van der Waals surface area contributed by atoms with Crippen LogP contribution in [0.25, 0.3) is 0 Å². The number of carbonyl (C=O) groups excluding carboxylic acids is 1. The molecule has 0 fully saturated rings. The Kier molecular flexibility index (Phi) is 5.29. The highest BCUT2D eigenvalue weighted by molar-refractivity contribution is 6.00. The molecule has 0 aliphatic heterocycles. The quantitative estimate of drug-likeness (QED) is 0.768. The summed E-state index contributed by atoms with van der Waals surface area (Å²) in [5, 5.41) is 14.1. The number of halogens is 1. The van der Waals surface area contributed by atoms with Gasteiger partial charge in [0.2, 0.25) is 0 Å². The number of urea groups is 1. The molecule has 19 heavy (non-hydrogen) atoms. The summed E-state index contributed by atoms with van der Waals surface area (Å²) in [6.07, 6.45) is 1.55. The lowest BCUT2D eigenvalue weighted by Gasteiger charge is -2.16. The highest BCUT2D eigenvalue weighted by Crippen LogP contribution is 2.17. The minimum absolute atomic E-state index is 0.0220. The van der Waals surface area contributed by atoms with E-state index in [-0.39, 0.29) is 17.3 Å². The predicted molar refractivity (Wildman–Crippen MR) is 69.9 cm³/mol. The van der Waals surface area contributed by atoms with E-state index in [4.69, 9.17) is 5.11 Å². The standard InChI is InChI=1S/C13H17FN2O3/c1-3-9(4-2)15-13(19)16-11-6-5-8(14)7-10(11)12(17)18/h5-7,9H,3-4H2,1-2H3,(H,17,18)(H2,15,16,19). The van der Waals surface area contributed by atoms with Crippen LogP contribution >= 0.6 is 0 Å². The van der Waals surface area contributed by atoms with Gasteiger partial charge < -0.3 is 15.7 Å². The average Bonchev–Trinajstić information content (AvgIpc) is 2.37. The van der Waals surface area contributed by atoms with E-state index >= 15 is 0 Å². The number of aromatic carboxylic acids is 1. The number of nitrogens with one attached hydrogen (secondary N) is 2. The van der Waals surface area contributed by atoms with Crippen molar-refractivity contribution in [2.75, 3.05) is 5.32 Å². The Morgan fingerprint density at radius 2 is 1.95 bits per heavy atom. The normalized spacial score (nSPS) is 10.3. The number of hydrogen-bond donors (Lipinski definition) is 3. The van der Waals surface area contributed by atoms with Gasteiger partial charge in [0.05, 0.1) is 11.3 Å². The van der Waals surface area contributed by atoms with Gasteiger partial charge in [0.25, 0.3) is 0 Å². The van der Waals surface area contributed by atoms with Crippen molar-refractivity contribution in [2.24, 2.45) is 0 Å². The van der Waals surface area contributed by atoms with Crippen molar-refractivity contribution in [1.29, 1.82) is 0 Å². The average molecular weight is 268 g/mol. The smallest absolute Gasteiger partial charge is 0.337 e. The third-order valence-corrected chi connectivity index (χ3v) is 2.78. The van der Waals surface area contributed by atoms with Crippen LogP contribution in [-0.2, 0) is 0 Å². The molecule has 104 valence electrons. The molecule has 5 nitrogen and oxygen atoms in total. The molecule has 3 N–H and O–H groups in total. The van der Waals surface area contributed by atoms with Crippen LogP contribution in [0.2, 0.25) is 0 Å². The van der Waals surface area contributed by atoms with Gasteiger partial charge >= 0.3 is 12.0 Å². The number of amides is 2. The second-order valence-corrected chi connectivity index (χ2v) is 4.11. The van der Waals surface area contributed by atoms with Crippen LogP contribution in [0.4, 0.5) is 14.9 Å². The van der Waals surface area contributed by atoms with Crippen LogP contribution in [0.1, 0.15) is 37.0 Å². The number of benzene rings is 1. The third kappa shape index (κ3) is 4.24. The maximum atomic E-state index is 13.0. The molecular formula is C13H17FN2O3. The van der Waals surface area contributed by atoms with Gasteiger partial charge in [0, 0.05) is 6.04 Å². The van der Waals surface area contributed by atoms with E-state index in [1.54, 1.807) is 0 Å². The van der Waals surface area contributed by atoms with E-state index in [0.29, 0.717) is 0 Å². The van der Waals surface area contributed by atoms with E-state index in [2.05, 4.69) is 10.6 Å². The summed E-state index contributed by atoms with van der Waals surface area (Å²) < 4.78 is 13.0. The van der Waals surface area contributed by atoms with Gasteiger partial charge in [-0.2, -0.15) is 0 Å². The lowest BCUT2D eigenvalue weighted by Crippen LogP contribution is -2.37. The van der Waals surface area contributed by atoms with Crippen LogP contribution < -0.4 is 10.6 Å². The van der Waals surface area contributed by atoms with Gasteiger partial charge in [-0.3, -0.25) is 0 Å². The molecule has 6 heteroatoms. The minimum atomic E-state index is -1.29. The van der Waals surface area contributed by atoms with E-state index in [9.17, 15) is 14.0 Å². The Morgan fingerprint density at radius 1 is 1.32 bits per heavy atom. The second kappa shape index (κ2) is 6.72. The fourth-order valence-electron chi connectivity index (χ4n) is 1.64. The number of carboxylic acid groups (broad SMARTS) is 1. The Balaban J connectivity index is 2.82. The van der Waals surface area contributed by atoms with Crippen molar-refractivity contribution in [2.45, 2.75) is 32.7 Å². The Labute approximate surface area is 110 Å². The first-order chi connectivity index (χ1) is 8.97. The monoisotopic (exact) mass is 268 g/mol. The van der Waals surface area contributed by atoms with Crippen molar-refractivity contribution >= 4 is 17.7 Å². The zero-order valence-corrected chi connectivity index (χ0v) is 10.9. The zero-order valence-electron chi connectivity index (χ0n) is 10.9. The number of carboxylic acids is 1. The van der Waals surface area contributed by atoms with Crippen LogP contribution in [0, 0.1) is 5.82 Å². The highest BCUT2D eigenvalue weighted by atomic mass is 19.1. The summed E-state index contributed by atoms with van der Waals surface area (Å²) >= 11 is 0. The number of hydrogen-bond acceptors (Lipinski definition) is 2. The first kappa shape index (κ1) is 14.9. The molecular weight excluding hydrogens is 251 g/mol.